The molecule has 1 unspecified atom stereocenters. The molecule has 1 aliphatic heterocycles. The lowest BCUT2D eigenvalue weighted by Crippen LogP contribution is -2.18. The molecule has 3 rings (SSSR count). The number of ether oxygens (including phenoxy) is 2. The third-order valence-corrected chi connectivity index (χ3v) is 3.85. The smallest absolute Gasteiger partial charge is 0.162 e. The Bertz CT molecular complexity index is 642. The Balaban J connectivity index is 2.03. The molecule has 0 amide bonds. The van der Waals surface area contributed by atoms with E-state index < -0.39 is 0 Å². The van der Waals surface area contributed by atoms with Crippen LogP contribution in [0.15, 0.2) is 36.4 Å². The minimum Gasteiger partial charge on any atom is -0.486 e. The van der Waals surface area contributed by atoms with Crippen molar-refractivity contribution in [3.05, 3.63) is 58.1 Å². The van der Waals surface area contributed by atoms with Crippen LogP contribution >= 0.6 is 11.6 Å². The van der Waals surface area contributed by atoms with Crippen LogP contribution in [0.2, 0.25) is 5.02 Å². The zero-order valence-electron chi connectivity index (χ0n) is 11.2. The Morgan fingerprint density at radius 2 is 1.70 bits per heavy atom. The Labute approximate surface area is 123 Å². The lowest BCUT2D eigenvalue weighted by molar-refractivity contribution is 0.171. The van der Waals surface area contributed by atoms with Gasteiger partial charge in [-0.2, -0.15) is 0 Å². The lowest BCUT2D eigenvalue weighted by atomic mass is 9.95. The predicted molar refractivity (Wildman–Crippen MR) is 79.7 cm³/mol. The molecule has 1 aliphatic rings. The van der Waals surface area contributed by atoms with Gasteiger partial charge in [0, 0.05) is 11.1 Å². The topological polar surface area (TPSA) is 44.5 Å². The van der Waals surface area contributed by atoms with Crippen molar-refractivity contribution in [1.29, 1.82) is 0 Å². The maximum absolute atomic E-state index is 6.37. The summed E-state index contributed by atoms with van der Waals surface area (Å²) in [5.74, 6) is 1.39. The molecule has 0 saturated carbocycles. The van der Waals surface area contributed by atoms with E-state index in [0.29, 0.717) is 29.7 Å². The van der Waals surface area contributed by atoms with Gasteiger partial charge in [-0.25, -0.2) is 0 Å². The molecule has 0 spiro atoms. The predicted octanol–water partition coefficient (Wildman–Crippen LogP) is 3.47. The van der Waals surface area contributed by atoms with Crippen molar-refractivity contribution >= 4 is 11.6 Å². The van der Waals surface area contributed by atoms with E-state index in [-0.39, 0.29) is 6.04 Å². The summed E-state index contributed by atoms with van der Waals surface area (Å²) in [6.07, 6.45) is 0. The second-order valence-electron chi connectivity index (χ2n) is 4.85. The standard InChI is InChI=1S/C16H16ClNO2/c1-10-4-2-3-5-11(10)16(18)12-8-14-15(9-13(12)17)20-7-6-19-14/h2-5,8-9,16H,6-7,18H2,1H3. The van der Waals surface area contributed by atoms with E-state index >= 15 is 0 Å². The second-order valence-corrected chi connectivity index (χ2v) is 5.26. The Morgan fingerprint density at radius 3 is 2.40 bits per heavy atom. The van der Waals surface area contributed by atoms with Gasteiger partial charge in [-0.15, -0.1) is 0 Å². The van der Waals surface area contributed by atoms with Crippen LogP contribution in [0.25, 0.3) is 0 Å². The summed E-state index contributed by atoms with van der Waals surface area (Å²) in [5.41, 5.74) is 9.43. The molecule has 1 atom stereocenters. The molecule has 4 heteroatoms. The number of aryl methyl sites for hydroxylation is 1. The molecule has 0 bridgehead atoms. The van der Waals surface area contributed by atoms with Crippen LogP contribution in [0.4, 0.5) is 0 Å². The zero-order valence-corrected chi connectivity index (χ0v) is 12.0. The molecule has 2 aromatic rings. The fourth-order valence-electron chi connectivity index (χ4n) is 2.42. The maximum atomic E-state index is 6.37. The summed E-state index contributed by atoms with van der Waals surface area (Å²) in [7, 11) is 0. The average molecular weight is 290 g/mol. The monoisotopic (exact) mass is 289 g/mol. The molecule has 1 heterocycles. The highest BCUT2D eigenvalue weighted by Crippen LogP contribution is 2.38. The highest BCUT2D eigenvalue weighted by Gasteiger charge is 2.20. The van der Waals surface area contributed by atoms with Crippen molar-refractivity contribution < 1.29 is 9.47 Å². The van der Waals surface area contributed by atoms with E-state index in [4.69, 9.17) is 26.8 Å². The molecule has 0 radical (unpaired) electrons. The molecule has 2 aromatic carbocycles. The number of hydrogen-bond donors (Lipinski definition) is 1. The van der Waals surface area contributed by atoms with Crippen LogP contribution < -0.4 is 15.2 Å². The molecule has 2 N–H and O–H groups in total. The molecule has 104 valence electrons. The molecule has 0 aliphatic carbocycles. The highest BCUT2D eigenvalue weighted by molar-refractivity contribution is 6.31. The van der Waals surface area contributed by atoms with Crippen molar-refractivity contribution in [2.45, 2.75) is 13.0 Å². The van der Waals surface area contributed by atoms with Gasteiger partial charge in [-0.05, 0) is 29.7 Å². The highest BCUT2D eigenvalue weighted by atomic mass is 35.5. The van der Waals surface area contributed by atoms with Crippen molar-refractivity contribution in [3.8, 4) is 11.5 Å². The Morgan fingerprint density at radius 1 is 1.05 bits per heavy atom. The number of nitrogens with two attached hydrogens (primary N) is 1. The third-order valence-electron chi connectivity index (χ3n) is 3.52. The number of rotatable bonds is 2. The Hall–Kier alpha value is -1.71. The fraction of sp³-hybridized carbons (Fsp3) is 0.250. The first kappa shape index (κ1) is 13.3. The minimum absolute atomic E-state index is 0.278. The summed E-state index contributed by atoms with van der Waals surface area (Å²) >= 11 is 6.34. The molecule has 20 heavy (non-hydrogen) atoms. The van der Waals surface area contributed by atoms with E-state index in [1.165, 1.54) is 0 Å². The number of fused-ring (bicyclic) bond motifs is 1. The van der Waals surface area contributed by atoms with Crippen LogP contribution in [-0.2, 0) is 0 Å². The van der Waals surface area contributed by atoms with Gasteiger partial charge in [-0.3, -0.25) is 0 Å². The summed E-state index contributed by atoms with van der Waals surface area (Å²) in [6.45, 7) is 3.14. The first-order valence-electron chi connectivity index (χ1n) is 6.57. The van der Waals surface area contributed by atoms with Gasteiger partial charge in [0.1, 0.15) is 13.2 Å². The van der Waals surface area contributed by atoms with Crippen molar-refractivity contribution in [2.24, 2.45) is 5.73 Å². The van der Waals surface area contributed by atoms with Gasteiger partial charge in [0.25, 0.3) is 0 Å². The van der Waals surface area contributed by atoms with Gasteiger partial charge in [-0.1, -0.05) is 35.9 Å². The quantitative estimate of drug-likeness (QED) is 0.921. The van der Waals surface area contributed by atoms with Crippen LogP contribution in [0.1, 0.15) is 22.7 Å². The number of hydrogen-bond acceptors (Lipinski definition) is 3. The largest absolute Gasteiger partial charge is 0.486 e. The first-order valence-corrected chi connectivity index (χ1v) is 6.95. The molecule has 0 saturated heterocycles. The summed E-state index contributed by atoms with van der Waals surface area (Å²) in [5, 5.41) is 0.602. The third kappa shape index (κ3) is 2.35. The fourth-order valence-corrected chi connectivity index (χ4v) is 2.69. The Kier molecular flexibility index (Phi) is 3.55. The lowest BCUT2D eigenvalue weighted by Gasteiger charge is -2.22. The normalized spacial score (nSPS) is 14.9. The van der Waals surface area contributed by atoms with Gasteiger partial charge < -0.3 is 15.2 Å². The van der Waals surface area contributed by atoms with E-state index in [0.717, 1.165) is 16.7 Å². The van der Waals surface area contributed by atoms with Crippen molar-refractivity contribution in [2.75, 3.05) is 13.2 Å². The van der Waals surface area contributed by atoms with Crippen LogP contribution in [0, 0.1) is 6.92 Å². The van der Waals surface area contributed by atoms with E-state index in [9.17, 15) is 0 Å². The molecular formula is C16H16ClNO2. The first-order chi connectivity index (χ1) is 9.66. The van der Waals surface area contributed by atoms with E-state index in [1.54, 1.807) is 6.07 Å². The average Bonchev–Trinajstić information content (AvgIpc) is 2.46. The van der Waals surface area contributed by atoms with Crippen molar-refractivity contribution in [1.82, 2.24) is 0 Å². The van der Waals surface area contributed by atoms with Crippen LogP contribution in [0.5, 0.6) is 11.5 Å². The maximum Gasteiger partial charge on any atom is 0.162 e. The van der Waals surface area contributed by atoms with E-state index in [1.807, 2.05) is 37.3 Å². The molecule has 0 aromatic heterocycles. The van der Waals surface area contributed by atoms with Crippen LogP contribution in [-0.4, -0.2) is 13.2 Å². The van der Waals surface area contributed by atoms with Gasteiger partial charge in [0.05, 0.1) is 6.04 Å². The SMILES string of the molecule is Cc1ccccc1C(N)c1cc2c(cc1Cl)OCCO2. The summed E-state index contributed by atoms with van der Waals surface area (Å²) in [4.78, 5) is 0. The van der Waals surface area contributed by atoms with Gasteiger partial charge >= 0.3 is 0 Å². The van der Waals surface area contributed by atoms with Crippen LogP contribution in [0.3, 0.4) is 0 Å². The number of halogens is 1. The number of benzene rings is 2. The van der Waals surface area contributed by atoms with Gasteiger partial charge in [0.15, 0.2) is 11.5 Å². The second kappa shape index (κ2) is 5.35. The zero-order chi connectivity index (χ0) is 14.1. The van der Waals surface area contributed by atoms with E-state index in [2.05, 4.69) is 0 Å². The molecular weight excluding hydrogens is 274 g/mol. The minimum atomic E-state index is -0.278. The van der Waals surface area contributed by atoms with Crippen molar-refractivity contribution in [3.63, 3.8) is 0 Å². The molecule has 0 fully saturated rings. The summed E-state index contributed by atoms with van der Waals surface area (Å²) < 4.78 is 11.1. The molecule has 3 nitrogen and oxygen atoms in total. The summed E-state index contributed by atoms with van der Waals surface area (Å²) in [6, 6.07) is 11.4. The van der Waals surface area contributed by atoms with Gasteiger partial charge in [0.2, 0.25) is 0 Å².